The van der Waals surface area contributed by atoms with Crippen LogP contribution in [0.15, 0.2) is 42.5 Å². The minimum absolute atomic E-state index is 0.0119. The van der Waals surface area contributed by atoms with Crippen LogP contribution in [0.3, 0.4) is 0 Å². The monoisotopic (exact) mass is 404 g/mol. The van der Waals surface area contributed by atoms with Gasteiger partial charge in [0.2, 0.25) is 0 Å². The maximum absolute atomic E-state index is 11.7. The Hall–Kier alpha value is -2.24. The standard InChI is InChI=1S/C20H18Cl2N2O3/c1-2-27-11-9-15-12-5-3-6-13(12)19(14-7-4-8-16(21)18(14)22)23-20(15)17(10-11)24(25)26/h3-5,7-10,12-13,19,23H,2,6H2,1H3/t12-,13+,19+/m1/s1. The average molecular weight is 405 g/mol. The zero-order chi connectivity index (χ0) is 19.1. The summed E-state index contributed by atoms with van der Waals surface area (Å²) in [5.74, 6) is 0.772. The number of nitrogens with zero attached hydrogens (tertiary/aromatic N) is 1. The lowest BCUT2D eigenvalue weighted by Gasteiger charge is -2.37. The topological polar surface area (TPSA) is 64.4 Å². The van der Waals surface area contributed by atoms with Crippen LogP contribution in [0.4, 0.5) is 11.4 Å². The van der Waals surface area contributed by atoms with E-state index in [0.717, 1.165) is 17.5 Å². The number of nitro benzene ring substituents is 1. The molecule has 140 valence electrons. The predicted molar refractivity (Wildman–Crippen MR) is 107 cm³/mol. The molecule has 5 nitrogen and oxygen atoms in total. The molecule has 2 aliphatic rings. The third kappa shape index (κ3) is 3.05. The molecule has 0 amide bonds. The first-order valence-electron chi connectivity index (χ1n) is 8.83. The first kappa shape index (κ1) is 18.1. The molecule has 0 bridgehead atoms. The number of allylic oxidation sites excluding steroid dienone is 2. The number of anilines is 1. The van der Waals surface area contributed by atoms with Crippen molar-refractivity contribution >= 4 is 34.6 Å². The Morgan fingerprint density at radius 1 is 1.30 bits per heavy atom. The summed E-state index contributed by atoms with van der Waals surface area (Å²) in [6.07, 6.45) is 5.10. The fourth-order valence-electron chi connectivity index (χ4n) is 4.12. The van der Waals surface area contributed by atoms with Crippen molar-refractivity contribution in [3.8, 4) is 5.75 Å². The van der Waals surface area contributed by atoms with E-state index in [-0.39, 0.29) is 28.5 Å². The lowest BCUT2D eigenvalue weighted by molar-refractivity contribution is -0.384. The summed E-state index contributed by atoms with van der Waals surface area (Å²) in [5, 5.41) is 16.1. The molecule has 4 rings (SSSR count). The molecule has 2 aromatic rings. The van der Waals surface area contributed by atoms with Crippen LogP contribution in [0.25, 0.3) is 0 Å². The summed E-state index contributed by atoms with van der Waals surface area (Å²) in [6.45, 7) is 2.31. The average Bonchev–Trinajstić information content (AvgIpc) is 3.13. The number of rotatable bonds is 4. The van der Waals surface area contributed by atoms with Crippen LogP contribution in [-0.4, -0.2) is 11.5 Å². The molecule has 0 unspecified atom stereocenters. The van der Waals surface area contributed by atoms with Crippen molar-refractivity contribution in [2.24, 2.45) is 5.92 Å². The maximum Gasteiger partial charge on any atom is 0.296 e. The van der Waals surface area contributed by atoms with Gasteiger partial charge < -0.3 is 10.1 Å². The van der Waals surface area contributed by atoms with Crippen LogP contribution in [0, 0.1) is 16.0 Å². The van der Waals surface area contributed by atoms with Gasteiger partial charge in [-0.25, -0.2) is 0 Å². The second kappa shape index (κ2) is 7.06. The van der Waals surface area contributed by atoms with E-state index in [9.17, 15) is 10.1 Å². The Morgan fingerprint density at radius 2 is 2.11 bits per heavy atom. The normalized spacial score (nSPS) is 22.7. The highest BCUT2D eigenvalue weighted by atomic mass is 35.5. The first-order valence-corrected chi connectivity index (χ1v) is 9.59. The molecular formula is C20H18Cl2N2O3. The van der Waals surface area contributed by atoms with Gasteiger partial charge in [0.15, 0.2) is 0 Å². The first-order chi connectivity index (χ1) is 13.0. The molecule has 0 saturated heterocycles. The van der Waals surface area contributed by atoms with Crippen molar-refractivity contribution in [3.05, 3.63) is 73.8 Å². The van der Waals surface area contributed by atoms with E-state index < -0.39 is 0 Å². The Morgan fingerprint density at radius 3 is 2.85 bits per heavy atom. The summed E-state index contributed by atoms with van der Waals surface area (Å²) < 4.78 is 5.56. The quantitative estimate of drug-likeness (QED) is 0.378. The summed E-state index contributed by atoms with van der Waals surface area (Å²) in [6, 6.07) is 8.73. The number of nitrogens with one attached hydrogen (secondary N) is 1. The molecule has 0 aromatic heterocycles. The van der Waals surface area contributed by atoms with Crippen LogP contribution < -0.4 is 10.1 Å². The summed E-state index contributed by atoms with van der Waals surface area (Å²) in [4.78, 5) is 11.4. The van der Waals surface area contributed by atoms with Crippen molar-refractivity contribution < 1.29 is 9.66 Å². The minimum Gasteiger partial charge on any atom is -0.494 e. The molecule has 7 heteroatoms. The highest BCUT2D eigenvalue weighted by molar-refractivity contribution is 6.42. The predicted octanol–water partition coefficient (Wildman–Crippen LogP) is 6.13. The van der Waals surface area contributed by atoms with Gasteiger partial charge in [0.05, 0.1) is 33.7 Å². The highest BCUT2D eigenvalue weighted by Crippen LogP contribution is 2.54. The van der Waals surface area contributed by atoms with Gasteiger partial charge in [0, 0.05) is 5.92 Å². The Kier molecular flexibility index (Phi) is 4.74. The zero-order valence-electron chi connectivity index (χ0n) is 14.6. The van der Waals surface area contributed by atoms with Crippen LogP contribution in [-0.2, 0) is 0 Å². The zero-order valence-corrected chi connectivity index (χ0v) is 16.1. The van der Waals surface area contributed by atoms with Crippen LogP contribution in [0.1, 0.15) is 36.4 Å². The largest absolute Gasteiger partial charge is 0.494 e. The van der Waals surface area contributed by atoms with Crippen LogP contribution in [0.5, 0.6) is 5.75 Å². The second-order valence-corrected chi connectivity index (χ2v) is 7.50. The van der Waals surface area contributed by atoms with E-state index in [2.05, 4.69) is 17.5 Å². The number of hydrogen-bond acceptors (Lipinski definition) is 4. The SMILES string of the molecule is CCOc1cc2c(c([N+](=O)[O-])c1)N[C@H](c1cccc(Cl)c1Cl)[C@H]1CC=C[C@@H]21. The fourth-order valence-corrected chi connectivity index (χ4v) is 4.54. The highest BCUT2D eigenvalue weighted by Gasteiger charge is 2.41. The van der Waals surface area contributed by atoms with E-state index in [4.69, 9.17) is 27.9 Å². The third-order valence-electron chi connectivity index (χ3n) is 5.25. The Bertz CT molecular complexity index is 945. The third-order valence-corrected chi connectivity index (χ3v) is 6.08. The number of nitro groups is 1. The lowest BCUT2D eigenvalue weighted by atomic mass is 9.76. The number of ether oxygens (including phenoxy) is 1. The van der Waals surface area contributed by atoms with E-state index in [1.54, 1.807) is 6.07 Å². The fraction of sp³-hybridized carbons (Fsp3) is 0.300. The molecule has 0 fully saturated rings. The van der Waals surface area contributed by atoms with E-state index in [1.165, 1.54) is 6.07 Å². The van der Waals surface area contributed by atoms with Gasteiger partial charge in [0.1, 0.15) is 11.4 Å². The summed E-state index contributed by atoms with van der Waals surface area (Å²) in [5.41, 5.74) is 2.28. The van der Waals surface area contributed by atoms with Gasteiger partial charge in [-0.1, -0.05) is 47.5 Å². The minimum atomic E-state index is -0.371. The van der Waals surface area contributed by atoms with Crippen LogP contribution >= 0.6 is 23.2 Å². The van der Waals surface area contributed by atoms with Crippen molar-refractivity contribution in [1.82, 2.24) is 0 Å². The maximum atomic E-state index is 11.7. The van der Waals surface area contributed by atoms with E-state index >= 15 is 0 Å². The molecule has 1 heterocycles. The number of hydrogen-bond donors (Lipinski definition) is 1. The number of halogens is 2. The molecule has 1 aliphatic heterocycles. The van der Waals surface area contributed by atoms with Crippen molar-refractivity contribution in [2.75, 3.05) is 11.9 Å². The lowest BCUT2D eigenvalue weighted by Crippen LogP contribution is -2.30. The smallest absolute Gasteiger partial charge is 0.296 e. The second-order valence-electron chi connectivity index (χ2n) is 6.72. The van der Waals surface area contributed by atoms with Gasteiger partial charge in [0.25, 0.3) is 5.69 Å². The molecule has 0 radical (unpaired) electrons. The van der Waals surface area contributed by atoms with Crippen molar-refractivity contribution in [1.29, 1.82) is 0 Å². The molecule has 1 N–H and O–H groups in total. The molecule has 3 atom stereocenters. The van der Waals surface area contributed by atoms with Crippen LogP contribution in [0.2, 0.25) is 10.0 Å². The van der Waals surface area contributed by atoms with Crippen molar-refractivity contribution in [2.45, 2.75) is 25.3 Å². The summed E-state index contributed by atoms with van der Waals surface area (Å²) >= 11 is 12.7. The molecule has 2 aromatic carbocycles. The molecule has 1 aliphatic carbocycles. The molecular weight excluding hydrogens is 387 g/mol. The van der Waals surface area contributed by atoms with Crippen molar-refractivity contribution in [3.63, 3.8) is 0 Å². The van der Waals surface area contributed by atoms with E-state index in [1.807, 2.05) is 25.1 Å². The van der Waals surface area contributed by atoms with E-state index in [0.29, 0.717) is 28.1 Å². The number of fused-ring (bicyclic) bond motifs is 3. The molecule has 0 saturated carbocycles. The Balaban J connectivity index is 1.87. The molecule has 27 heavy (non-hydrogen) atoms. The van der Waals surface area contributed by atoms with Gasteiger partial charge in [-0.2, -0.15) is 0 Å². The van der Waals surface area contributed by atoms with Gasteiger partial charge in [-0.05, 0) is 42.5 Å². The van der Waals surface area contributed by atoms with Gasteiger partial charge in [-0.3, -0.25) is 10.1 Å². The van der Waals surface area contributed by atoms with Gasteiger partial charge >= 0.3 is 0 Å². The van der Waals surface area contributed by atoms with Gasteiger partial charge in [-0.15, -0.1) is 0 Å². The number of benzene rings is 2. The Labute approximate surface area is 167 Å². The molecule has 0 spiro atoms. The summed E-state index contributed by atoms with van der Waals surface area (Å²) in [7, 11) is 0.